The van der Waals surface area contributed by atoms with Crippen LogP contribution in [-0.4, -0.2) is 0 Å². The molecule has 0 aromatic heterocycles. The Balaban J connectivity index is 0. The van der Waals surface area contributed by atoms with E-state index in [2.05, 4.69) is 20.8 Å². The van der Waals surface area contributed by atoms with E-state index in [9.17, 15) is 0 Å². The van der Waals surface area contributed by atoms with Gasteiger partial charge in [-0.1, -0.05) is 59.3 Å². The molecule has 0 amide bonds. The van der Waals surface area contributed by atoms with Crippen LogP contribution in [0.1, 0.15) is 78.6 Å². The van der Waals surface area contributed by atoms with Crippen LogP contribution in [0, 0.1) is 5.92 Å². The molecule has 14 heavy (non-hydrogen) atoms. The summed E-state index contributed by atoms with van der Waals surface area (Å²) in [5.41, 5.74) is 0. The van der Waals surface area contributed by atoms with Gasteiger partial charge < -0.3 is 5.92 Å². The summed E-state index contributed by atoms with van der Waals surface area (Å²) in [7, 11) is 0. The van der Waals surface area contributed by atoms with Crippen molar-refractivity contribution in [1.82, 2.24) is 0 Å². The molecule has 0 spiro atoms. The van der Waals surface area contributed by atoms with Crippen molar-refractivity contribution in [2.45, 2.75) is 78.6 Å². The third-order valence-corrected chi connectivity index (χ3v) is 2.65. The third-order valence-electron chi connectivity index (χ3n) is 2.65. The predicted molar refractivity (Wildman–Crippen MR) is 61.8 cm³/mol. The maximum atomic E-state index is 2.29. The minimum absolute atomic E-state index is 0. The maximum Gasteiger partial charge on any atom is 0 e. The van der Waals surface area contributed by atoms with Crippen molar-refractivity contribution in [2.75, 3.05) is 0 Å². The fourth-order valence-corrected chi connectivity index (χ4v) is 1.66. The topological polar surface area (TPSA) is 0 Å². The minimum Gasteiger partial charge on any atom is -0.314 e. The van der Waals surface area contributed by atoms with Crippen molar-refractivity contribution in [3.05, 3.63) is 5.92 Å². The van der Waals surface area contributed by atoms with Crippen molar-refractivity contribution < 1.29 is 25.8 Å². The van der Waals surface area contributed by atoms with Crippen molar-refractivity contribution in [3.63, 3.8) is 0 Å². The van der Waals surface area contributed by atoms with Gasteiger partial charge in [-0.05, 0) is 0 Å². The Bertz CT molecular complexity index is 72.2. The smallest absolute Gasteiger partial charge is 0 e. The SMILES string of the molecule is CCCC[C-](CCCC)CCCC.[Hf]. The van der Waals surface area contributed by atoms with E-state index in [0.29, 0.717) is 0 Å². The Morgan fingerprint density at radius 3 is 1.14 bits per heavy atom. The summed E-state index contributed by atoms with van der Waals surface area (Å²) in [5, 5.41) is 0. The van der Waals surface area contributed by atoms with Gasteiger partial charge in [0.2, 0.25) is 0 Å². The van der Waals surface area contributed by atoms with Gasteiger partial charge in [0, 0.05) is 25.8 Å². The van der Waals surface area contributed by atoms with Gasteiger partial charge in [0.05, 0.1) is 0 Å². The van der Waals surface area contributed by atoms with Crippen molar-refractivity contribution in [2.24, 2.45) is 0 Å². The largest absolute Gasteiger partial charge is 0.314 e. The molecule has 0 bridgehead atoms. The van der Waals surface area contributed by atoms with E-state index < -0.39 is 0 Å². The first-order valence-corrected chi connectivity index (χ1v) is 6.18. The Labute approximate surface area is 110 Å². The van der Waals surface area contributed by atoms with Crippen molar-refractivity contribution in [1.29, 1.82) is 0 Å². The molecule has 0 aliphatic rings. The van der Waals surface area contributed by atoms with Crippen LogP contribution < -0.4 is 0 Å². The average molecular weight is 362 g/mol. The molecule has 0 radical (unpaired) electrons. The molecule has 0 fully saturated rings. The molecule has 0 saturated carbocycles. The molecule has 1 heteroatoms. The zero-order chi connectivity index (χ0) is 9.94. The zero-order valence-electron chi connectivity index (χ0n) is 10.4. The van der Waals surface area contributed by atoms with Gasteiger partial charge in [0.25, 0.3) is 0 Å². The fourth-order valence-electron chi connectivity index (χ4n) is 1.66. The zero-order valence-corrected chi connectivity index (χ0v) is 14.0. The summed E-state index contributed by atoms with van der Waals surface area (Å²) in [5.74, 6) is 1.84. The van der Waals surface area contributed by atoms with Crippen LogP contribution in [0.3, 0.4) is 0 Å². The normalized spacial score (nSPS) is 10.3. The molecule has 0 rings (SSSR count). The summed E-state index contributed by atoms with van der Waals surface area (Å²) in [6.07, 6.45) is 12.5. The molecular weight excluding hydrogens is 335 g/mol. The van der Waals surface area contributed by atoms with E-state index in [4.69, 9.17) is 0 Å². The summed E-state index contributed by atoms with van der Waals surface area (Å²) < 4.78 is 0. The molecule has 0 aliphatic heterocycles. The van der Waals surface area contributed by atoms with Crippen LogP contribution in [0.4, 0.5) is 0 Å². The van der Waals surface area contributed by atoms with Gasteiger partial charge in [-0.15, -0.1) is 0 Å². The van der Waals surface area contributed by atoms with E-state index in [0.717, 1.165) is 0 Å². The molecule has 0 aromatic carbocycles. The van der Waals surface area contributed by atoms with Gasteiger partial charge in [-0.3, -0.25) is 0 Å². The second-order valence-corrected chi connectivity index (χ2v) is 4.06. The number of rotatable bonds is 9. The van der Waals surface area contributed by atoms with Gasteiger partial charge in [-0.25, -0.2) is 0 Å². The molecule has 84 valence electrons. The molecule has 0 unspecified atom stereocenters. The molecule has 0 atom stereocenters. The van der Waals surface area contributed by atoms with Gasteiger partial charge in [0.15, 0.2) is 0 Å². The Kier molecular flexibility index (Phi) is 17.1. The number of unbranched alkanes of at least 4 members (excludes halogenated alkanes) is 3. The van der Waals surface area contributed by atoms with Crippen LogP contribution in [-0.2, 0) is 25.8 Å². The monoisotopic (exact) mass is 363 g/mol. The maximum absolute atomic E-state index is 2.29. The summed E-state index contributed by atoms with van der Waals surface area (Å²) >= 11 is 0. The van der Waals surface area contributed by atoms with E-state index in [-0.39, 0.29) is 25.8 Å². The average Bonchev–Trinajstić information content (AvgIpc) is 2.17. The summed E-state index contributed by atoms with van der Waals surface area (Å²) in [4.78, 5) is 0. The Morgan fingerprint density at radius 2 is 0.929 bits per heavy atom. The minimum atomic E-state index is 0. The predicted octanol–water partition coefficient (Wildman–Crippen LogP) is 5.13. The molecule has 0 aliphatic carbocycles. The molecule has 0 heterocycles. The first kappa shape index (κ1) is 17.3. The number of hydrogen-bond donors (Lipinski definition) is 0. The van der Waals surface area contributed by atoms with Crippen LogP contribution in [0.25, 0.3) is 0 Å². The van der Waals surface area contributed by atoms with Gasteiger partial charge in [0.1, 0.15) is 0 Å². The number of hydrogen-bond acceptors (Lipinski definition) is 0. The standard InChI is InChI=1S/C13H27.Hf/c1-4-7-10-13(11-8-5-2)12-9-6-3;/h4-12H2,1-3H3;/q-1;. The molecule has 0 aromatic rings. The van der Waals surface area contributed by atoms with E-state index in [1.54, 1.807) is 0 Å². The summed E-state index contributed by atoms with van der Waals surface area (Å²) in [6, 6.07) is 0. The molecular formula is C13H27Hf-. The first-order chi connectivity index (χ1) is 6.35. The van der Waals surface area contributed by atoms with Crippen LogP contribution >= 0.6 is 0 Å². The fraction of sp³-hybridized carbons (Fsp3) is 0.923. The van der Waals surface area contributed by atoms with Crippen LogP contribution in [0.2, 0.25) is 0 Å². The van der Waals surface area contributed by atoms with E-state index in [1.807, 2.05) is 5.92 Å². The van der Waals surface area contributed by atoms with E-state index in [1.165, 1.54) is 57.8 Å². The van der Waals surface area contributed by atoms with Crippen LogP contribution in [0.15, 0.2) is 0 Å². The first-order valence-electron chi connectivity index (χ1n) is 6.18. The van der Waals surface area contributed by atoms with Gasteiger partial charge >= 0.3 is 0 Å². The molecule has 0 nitrogen and oxygen atoms in total. The second-order valence-electron chi connectivity index (χ2n) is 4.06. The Hall–Kier alpha value is 0.870. The van der Waals surface area contributed by atoms with Crippen LogP contribution in [0.5, 0.6) is 0 Å². The van der Waals surface area contributed by atoms with Crippen molar-refractivity contribution >= 4 is 0 Å². The molecule has 0 N–H and O–H groups in total. The quantitative estimate of drug-likeness (QED) is 0.394. The molecule has 0 saturated heterocycles. The Morgan fingerprint density at radius 1 is 0.643 bits per heavy atom. The van der Waals surface area contributed by atoms with E-state index >= 15 is 0 Å². The second kappa shape index (κ2) is 13.9. The van der Waals surface area contributed by atoms with Gasteiger partial charge in [-0.2, -0.15) is 19.3 Å². The third kappa shape index (κ3) is 10.9. The van der Waals surface area contributed by atoms with Crippen molar-refractivity contribution in [3.8, 4) is 0 Å². The summed E-state index contributed by atoms with van der Waals surface area (Å²) in [6.45, 7) is 6.87.